The van der Waals surface area contributed by atoms with Crippen molar-refractivity contribution in [3.05, 3.63) is 71.6 Å². The van der Waals surface area contributed by atoms with Crippen LogP contribution in [0.4, 0.5) is 0 Å². The maximum absolute atomic E-state index is 13.8. The summed E-state index contributed by atoms with van der Waals surface area (Å²) in [5, 5.41) is 10.5. The highest BCUT2D eigenvalue weighted by Crippen LogP contribution is 2.33. The highest BCUT2D eigenvalue weighted by atomic mass is 35.5. The molecule has 0 radical (unpaired) electrons. The summed E-state index contributed by atoms with van der Waals surface area (Å²) in [6, 6.07) is 13.6. The molecule has 1 saturated carbocycles. The molecule has 6 nitrogen and oxygen atoms in total. The predicted octanol–water partition coefficient (Wildman–Crippen LogP) is 5.13. The third-order valence-electron chi connectivity index (χ3n) is 6.12. The van der Waals surface area contributed by atoms with Gasteiger partial charge in [0.05, 0.1) is 11.1 Å². The molecule has 2 atom stereocenters. The van der Waals surface area contributed by atoms with Crippen LogP contribution in [0.2, 0.25) is 5.02 Å². The Kier molecular flexibility index (Phi) is 7.30. The fourth-order valence-electron chi connectivity index (χ4n) is 4.38. The van der Waals surface area contributed by atoms with Crippen LogP contribution in [0.25, 0.3) is 11.5 Å². The number of nitrogens with zero attached hydrogens (tertiary/aromatic N) is 2. The van der Waals surface area contributed by atoms with Crippen molar-refractivity contribution in [2.45, 2.75) is 49.6 Å². The van der Waals surface area contributed by atoms with E-state index in [9.17, 15) is 13.5 Å². The lowest BCUT2D eigenvalue weighted by atomic mass is 9.95. The number of oxazole rings is 1. The van der Waals surface area contributed by atoms with Gasteiger partial charge >= 0.3 is 0 Å². The first-order chi connectivity index (χ1) is 15.5. The van der Waals surface area contributed by atoms with E-state index in [4.69, 9.17) is 16.0 Å². The van der Waals surface area contributed by atoms with Crippen LogP contribution in [-0.4, -0.2) is 35.5 Å². The minimum absolute atomic E-state index is 0.0274. The van der Waals surface area contributed by atoms with Gasteiger partial charge in [-0.1, -0.05) is 43.0 Å². The van der Waals surface area contributed by atoms with Crippen LogP contribution < -0.4 is 0 Å². The van der Waals surface area contributed by atoms with Gasteiger partial charge in [0.15, 0.2) is 0 Å². The van der Waals surface area contributed by atoms with Crippen LogP contribution in [0.3, 0.4) is 0 Å². The molecular formula is C24H27ClN2O4S. The number of hydrogen-bond acceptors (Lipinski definition) is 5. The van der Waals surface area contributed by atoms with Crippen molar-refractivity contribution in [3.8, 4) is 11.5 Å². The normalized spacial score (nSPS) is 19.7. The number of halogens is 1. The van der Waals surface area contributed by atoms with Crippen LogP contribution >= 0.6 is 11.6 Å². The summed E-state index contributed by atoms with van der Waals surface area (Å²) >= 11 is 5.99. The van der Waals surface area contributed by atoms with Crippen molar-refractivity contribution in [2.24, 2.45) is 5.92 Å². The van der Waals surface area contributed by atoms with Gasteiger partial charge in [0, 0.05) is 29.8 Å². The summed E-state index contributed by atoms with van der Waals surface area (Å²) in [5.74, 6) is 0.428. The molecule has 4 rings (SSSR count). The smallest absolute Gasteiger partial charge is 0.243 e. The highest BCUT2D eigenvalue weighted by molar-refractivity contribution is 7.89. The van der Waals surface area contributed by atoms with Crippen molar-refractivity contribution < 1.29 is 17.9 Å². The Morgan fingerprint density at radius 3 is 2.41 bits per heavy atom. The fourth-order valence-corrected chi connectivity index (χ4v) is 6.21. The number of hydrogen-bond donors (Lipinski definition) is 1. The molecule has 1 N–H and O–H groups in total. The molecule has 2 aromatic carbocycles. The molecular weight excluding hydrogens is 448 g/mol. The Balaban J connectivity index is 1.69. The summed E-state index contributed by atoms with van der Waals surface area (Å²) in [7, 11) is -3.80. The molecule has 0 unspecified atom stereocenters. The molecule has 0 aliphatic heterocycles. The zero-order valence-corrected chi connectivity index (χ0v) is 19.3. The molecule has 170 valence electrons. The number of aromatic nitrogens is 1. The van der Waals surface area contributed by atoms with E-state index in [1.165, 1.54) is 6.26 Å². The molecule has 0 bridgehead atoms. The van der Waals surface area contributed by atoms with Crippen molar-refractivity contribution in [1.82, 2.24) is 9.29 Å². The second kappa shape index (κ2) is 10.2. The molecule has 8 heteroatoms. The van der Waals surface area contributed by atoms with Crippen molar-refractivity contribution >= 4 is 21.6 Å². The van der Waals surface area contributed by atoms with Gasteiger partial charge in [-0.25, -0.2) is 13.4 Å². The lowest BCUT2D eigenvalue weighted by molar-refractivity contribution is 0.139. The van der Waals surface area contributed by atoms with Gasteiger partial charge < -0.3 is 9.52 Å². The van der Waals surface area contributed by atoms with Gasteiger partial charge in [-0.3, -0.25) is 0 Å². The van der Waals surface area contributed by atoms with Gasteiger partial charge in [0.1, 0.15) is 6.26 Å². The molecule has 1 fully saturated rings. The zero-order chi connectivity index (χ0) is 22.6. The fraction of sp³-hybridized carbons (Fsp3) is 0.375. The Hall–Kier alpha value is -2.19. The molecule has 0 amide bonds. The molecule has 0 spiro atoms. The van der Waals surface area contributed by atoms with Crippen LogP contribution in [0.1, 0.15) is 37.7 Å². The average Bonchev–Trinajstić information content (AvgIpc) is 3.24. The highest BCUT2D eigenvalue weighted by Gasteiger charge is 2.36. The number of rotatable bonds is 7. The summed E-state index contributed by atoms with van der Waals surface area (Å²) in [6.07, 6.45) is 7.64. The second-order valence-corrected chi connectivity index (χ2v) is 10.5. The van der Waals surface area contributed by atoms with Crippen molar-refractivity contribution in [3.63, 3.8) is 0 Å². The third-order valence-corrected chi connectivity index (χ3v) is 8.25. The third kappa shape index (κ3) is 5.07. The number of aliphatic hydroxyl groups excluding tert-OH is 1. The topological polar surface area (TPSA) is 83.6 Å². The maximum Gasteiger partial charge on any atom is 0.243 e. The molecule has 32 heavy (non-hydrogen) atoms. The Bertz CT molecular complexity index is 1100. The van der Waals surface area contributed by atoms with Crippen LogP contribution in [0.5, 0.6) is 0 Å². The summed E-state index contributed by atoms with van der Waals surface area (Å²) in [6.45, 7) is 0.193. The monoisotopic (exact) mass is 474 g/mol. The van der Waals surface area contributed by atoms with E-state index >= 15 is 0 Å². The van der Waals surface area contributed by atoms with E-state index < -0.39 is 10.0 Å². The van der Waals surface area contributed by atoms with E-state index in [0.717, 1.165) is 43.2 Å². The minimum Gasteiger partial charge on any atom is -0.445 e. The zero-order valence-electron chi connectivity index (χ0n) is 17.7. The van der Waals surface area contributed by atoms with Gasteiger partial charge in [0.25, 0.3) is 0 Å². The molecule has 1 aromatic heterocycles. The summed E-state index contributed by atoms with van der Waals surface area (Å²) < 4.78 is 34.4. The van der Waals surface area contributed by atoms with E-state index in [2.05, 4.69) is 4.98 Å². The Labute approximate surface area is 193 Å². The van der Waals surface area contributed by atoms with Crippen molar-refractivity contribution in [1.29, 1.82) is 0 Å². The number of benzene rings is 2. The van der Waals surface area contributed by atoms with Crippen LogP contribution in [-0.2, 0) is 16.6 Å². The van der Waals surface area contributed by atoms with Crippen LogP contribution in [0.15, 0.2) is 70.3 Å². The Morgan fingerprint density at radius 1 is 1.03 bits per heavy atom. The Morgan fingerprint density at radius 2 is 1.75 bits per heavy atom. The molecule has 1 heterocycles. The predicted molar refractivity (Wildman–Crippen MR) is 124 cm³/mol. The van der Waals surface area contributed by atoms with Crippen molar-refractivity contribution in [2.75, 3.05) is 6.61 Å². The summed E-state index contributed by atoms with van der Waals surface area (Å²) in [5.41, 5.74) is 1.69. The van der Waals surface area contributed by atoms with Gasteiger partial charge in [-0.15, -0.1) is 0 Å². The van der Waals surface area contributed by atoms with E-state index in [0.29, 0.717) is 10.9 Å². The SMILES string of the molecule is O=S(=O)(c1ccc(Cl)cc1)N(Cc1ccc(-c2ncco2)cc1)[C@@H]1CCCCC[C@@H]1CO. The van der Waals surface area contributed by atoms with E-state index in [-0.39, 0.29) is 30.0 Å². The first-order valence-electron chi connectivity index (χ1n) is 10.9. The molecule has 1 aliphatic rings. The van der Waals surface area contributed by atoms with Gasteiger partial charge in [-0.05, 0) is 60.7 Å². The van der Waals surface area contributed by atoms with Crippen LogP contribution in [0, 0.1) is 5.92 Å². The standard InChI is InChI=1S/C24H27ClN2O4S/c25-21-10-12-22(13-11-21)32(29,30)27(23-5-3-1-2-4-20(23)17-28)16-18-6-8-19(9-7-18)24-26-14-15-31-24/h6-15,20,23,28H,1-5,16-17H2/t20-,23-/m1/s1. The maximum atomic E-state index is 13.8. The number of aliphatic hydroxyl groups is 1. The van der Waals surface area contributed by atoms with Gasteiger partial charge in [0.2, 0.25) is 15.9 Å². The van der Waals surface area contributed by atoms with Gasteiger partial charge in [-0.2, -0.15) is 4.31 Å². The lowest BCUT2D eigenvalue weighted by Gasteiger charge is -2.35. The van der Waals surface area contributed by atoms with E-state index in [1.807, 2.05) is 24.3 Å². The minimum atomic E-state index is -3.80. The first kappa shape index (κ1) is 23.0. The lowest BCUT2D eigenvalue weighted by Crippen LogP contribution is -2.44. The second-order valence-electron chi connectivity index (χ2n) is 8.19. The molecule has 0 saturated heterocycles. The quantitative estimate of drug-likeness (QED) is 0.480. The molecule has 3 aromatic rings. The summed E-state index contributed by atoms with van der Waals surface area (Å²) in [4.78, 5) is 4.36. The first-order valence-corrected chi connectivity index (χ1v) is 12.7. The largest absolute Gasteiger partial charge is 0.445 e. The van der Waals surface area contributed by atoms with E-state index in [1.54, 1.807) is 34.8 Å². The number of sulfonamides is 1. The molecule has 1 aliphatic carbocycles. The average molecular weight is 475 g/mol.